The van der Waals surface area contributed by atoms with Gasteiger partial charge in [0.25, 0.3) is 0 Å². The fourth-order valence-electron chi connectivity index (χ4n) is 6.26. The summed E-state index contributed by atoms with van der Waals surface area (Å²) in [5.41, 5.74) is 1.42. The molecule has 31 heavy (non-hydrogen) atoms. The summed E-state index contributed by atoms with van der Waals surface area (Å²) in [5.74, 6) is -2.20. The van der Waals surface area contributed by atoms with Crippen LogP contribution < -0.4 is 10.2 Å². The highest BCUT2D eigenvalue weighted by atomic mass is 35.5. The van der Waals surface area contributed by atoms with Crippen molar-refractivity contribution in [1.29, 1.82) is 0 Å². The van der Waals surface area contributed by atoms with Crippen LogP contribution in [0.5, 0.6) is 0 Å². The number of anilines is 2. The number of imide groups is 1. The first-order valence-corrected chi connectivity index (χ1v) is 11.1. The van der Waals surface area contributed by atoms with Crippen LogP contribution in [0, 0.1) is 18.8 Å². The molecule has 3 amide bonds. The fourth-order valence-corrected chi connectivity index (χ4v) is 6.60. The molecule has 4 heterocycles. The number of benzene rings is 2. The van der Waals surface area contributed by atoms with E-state index in [2.05, 4.69) is 10.2 Å². The Bertz CT molecular complexity index is 1200. The van der Waals surface area contributed by atoms with Crippen molar-refractivity contribution in [3.8, 4) is 0 Å². The predicted molar refractivity (Wildman–Crippen MR) is 117 cm³/mol. The second-order valence-corrected chi connectivity index (χ2v) is 9.56. The van der Waals surface area contributed by atoms with Gasteiger partial charge in [-0.15, -0.1) is 0 Å². The number of carbonyl (C=O) groups is 3. The topological polar surface area (TPSA) is 69.7 Å². The molecule has 0 aliphatic carbocycles. The van der Waals surface area contributed by atoms with Crippen molar-refractivity contribution < 1.29 is 14.4 Å². The van der Waals surface area contributed by atoms with Gasteiger partial charge in [0.2, 0.25) is 17.7 Å². The molecule has 4 aliphatic rings. The van der Waals surface area contributed by atoms with Crippen molar-refractivity contribution in [2.75, 3.05) is 16.8 Å². The van der Waals surface area contributed by atoms with Crippen molar-refractivity contribution in [1.82, 2.24) is 4.90 Å². The van der Waals surface area contributed by atoms with Gasteiger partial charge in [0.05, 0.1) is 23.2 Å². The smallest absolute Gasteiger partial charge is 0.250 e. The minimum Gasteiger partial charge on any atom is -0.324 e. The summed E-state index contributed by atoms with van der Waals surface area (Å²) in [5, 5.41) is 4.00. The Kier molecular flexibility index (Phi) is 3.93. The zero-order valence-electron chi connectivity index (χ0n) is 16.7. The number of fused-ring (bicyclic) bond motifs is 7. The number of carbonyl (C=O) groups excluding carboxylic acids is 3. The molecular formula is C23H19Cl2N3O3. The van der Waals surface area contributed by atoms with Gasteiger partial charge in [-0.2, -0.15) is 0 Å². The van der Waals surface area contributed by atoms with Crippen LogP contribution in [-0.2, 0) is 19.9 Å². The van der Waals surface area contributed by atoms with Crippen molar-refractivity contribution in [3.63, 3.8) is 0 Å². The molecule has 0 bridgehead atoms. The maximum atomic E-state index is 13.8. The molecule has 4 aliphatic heterocycles. The molecule has 0 unspecified atom stereocenters. The van der Waals surface area contributed by atoms with Crippen LogP contribution >= 0.6 is 23.2 Å². The SMILES string of the molecule is Cc1c(Cl)ccc2c1NC(=O)[C@]21[C@@H]2C(=O)N(c3cccc(Cl)c3)C(=O)[C@@H]2[C@@H]2CCCN21. The minimum absolute atomic E-state index is 0.154. The standard InChI is InChI=1S/C23H19Cl2N3O3/c1-11-15(25)8-7-14-19(11)26-22(31)23(14)18-17(16-6-3-9-27(16)23)20(29)28(21(18)30)13-5-2-4-12(24)10-13/h2,4-5,7-8,10,16-18H,3,6,9H2,1H3,(H,26,31)/t16-,17+,18-,23+/m0/s1. The molecule has 6 nitrogen and oxygen atoms in total. The molecule has 0 saturated carbocycles. The summed E-state index contributed by atoms with van der Waals surface area (Å²) in [7, 11) is 0. The van der Waals surface area contributed by atoms with Crippen molar-refractivity contribution in [2.24, 2.45) is 11.8 Å². The van der Waals surface area contributed by atoms with Crippen LogP contribution in [0.4, 0.5) is 11.4 Å². The maximum Gasteiger partial charge on any atom is 0.250 e. The number of hydrogen-bond donors (Lipinski definition) is 1. The Morgan fingerprint density at radius 2 is 1.90 bits per heavy atom. The van der Waals surface area contributed by atoms with E-state index >= 15 is 0 Å². The van der Waals surface area contributed by atoms with Gasteiger partial charge in [0.1, 0.15) is 5.54 Å². The molecular weight excluding hydrogens is 437 g/mol. The first-order valence-electron chi connectivity index (χ1n) is 10.4. The van der Waals surface area contributed by atoms with Gasteiger partial charge in [-0.3, -0.25) is 19.3 Å². The third kappa shape index (κ3) is 2.20. The van der Waals surface area contributed by atoms with Crippen LogP contribution in [0.15, 0.2) is 36.4 Å². The van der Waals surface area contributed by atoms with E-state index in [1.165, 1.54) is 4.90 Å². The Labute approximate surface area is 189 Å². The van der Waals surface area contributed by atoms with Crippen LogP contribution in [0.2, 0.25) is 10.0 Å². The van der Waals surface area contributed by atoms with E-state index in [0.29, 0.717) is 28.0 Å². The molecule has 8 heteroatoms. The molecule has 158 valence electrons. The largest absolute Gasteiger partial charge is 0.324 e. The van der Waals surface area contributed by atoms with Crippen LogP contribution in [0.25, 0.3) is 0 Å². The van der Waals surface area contributed by atoms with E-state index in [-0.39, 0.29) is 23.8 Å². The van der Waals surface area contributed by atoms with Gasteiger partial charge >= 0.3 is 0 Å². The summed E-state index contributed by atoms with van der Waals surface area (Å²) in [6.45, 7) is 2.53. The zero-order valence-corrected chi connectivity index (χ0v) is 18.2. The maximum absolute atomic E-state index is 13.8. The summed E-state index contributed by atoms with van der Waals surface area (Å²) in [4.78, 5) is 44.4. The van der Waals surface area contributed by atoms with Crippen LogP contribution in [0.3, 0.4) is 0 Å². The predicted octanol–water partition coefficient (Wildman–Crippen LogP) is 3.73. The lowest BCUT2D eigenvalue weighted by atomic mass is 9.75. The van der Waals surface area contributed by atoms with Gasteiger partial charge in [-0.25, -0.2) is 4.90 Å². The lowest BCUT2D eigenvalue weighted by Gasteiger charge is -2.36. The number of halogens is 2. The first-order chi connectivity index (χ1) is 14.9. The quantitative estimate of drug-likeness (QED) is 0.665. The highest BCUT2D eigenvalue weighted by Crippen LogP contribution is 2.61. The van der Waals surface area contributed by atoms with E-state index in [1.54, 1.807) is 30.3 Å². The zero-order chi connectivity index (χ0) is 21.7. The third-order valence-corrected chi connectivity index (χ3v) is 8.07. The molecule has 0 aromatic heterocycles. The van der Waals surface area contributed by atoms with Gasteiger partial charge in [0.15, 0.2) is 0 Å². The van der Waals surface area contributed by atoms with E-state index in [4.69, 9.17) is 23.2 Å². The number of amides is 3. The molecule has 3 fully saturated rings. The minimum atomic E-state index is -1.20. The first kappa shape index (κ1) is 19.3. The monoisotopic (exact) mass is 455 g/mol. The average Bonchev–Trinajstić information content (AvgIpc) is 3.43. The number of hydrogen-bond acceptors (Lipinski definition) is 4. The average molecular weight is 456 g/mol. The van der Waals surface area contributed by atoms with Crippen LogP contribution in [-0.4, -0.2) is 35.2 Å². The van der Waals surface area contributed by atoms with Gasteiger partial charge in [-0.05, 0) is 56.1 Å². The Morgan fingerprint density at radius 1 is 1.10 bits per heavy atom. The summed E-state index contributed by atoms with van der Waals surface area (Å²) >= 11 is 12.5. The van der Waals surface area contributed by atoms with E-state index in [0.717, 1.165) is 24.0 Å². The van der Waals surface area contributed by atoms with E-state index in [9.17, 15) is 14.4 Å². The number of rotatable bonds is 1. The molecule has 3 saturated heterocycles. The Balaban J connectivity index is 1.57. The highest BCUT2D eigenvalue weighted by Gasteiger charge is 2.74. The van der Waals surface area contributed by atoms with Crippen molar-refractivity contribution >= 4 is 52.3 Å². The molecule has 6 rings (SSSR count). The fraction of sp³-hybridized carbons (Fsp3) is 0.348. The van der Waals surface area contributed by atoms with E-state index in [1.807, 2.05) is 13.0 Å². The Morgan fingerprint density at radius 3 is 2.68 bits per heavy atom. The van der Waals surface area contributed by atoms with Crippen molar-refractivity contribution in [3.05, 3.63) is 57.6 Å². The molecule has 1 N–H and O–H groups in total. The molecule has 1 spiro atoms. The summed E-state index contributed by atoms with van der Waals surface area (Å²) < 4.78 is 0. The highest BCUT2D eigenvalue weighted by molar-refractivity contribution is 6.33. The van der Waals surface area contributed by atoms with Gasteiger partial charge < -0.3 is 5.32 Å². The molecule has 2 aromatic rings. The van der Waals surface area contributed by atoms with Gasteiger partial charge in [0, 0.05) is 21.7 Å². The third-order valence-electron chi connectivity index (χ3n) is 7.43. The number of nitrogens with one attached hydrogen (secondary N) is 1. The molecule has 4 atom stereocenters. The second kappa shape index (κ2) is 6.31. The van der Waals surface area contributed by atoms with Gasteiger partial charge in [-0.1, -0.05) is 35.3 Å². The lowest BCUT2D eigenvalue weighted by molar-refractivity contribution is -0.135. The lowest BCUT2D eigenvalue weighted by Crippen LogP contribution is -2.54. The normalized spacial score (nSPS) is 31.4. The molecule has 0 radical (unpaired) electrons. The summed E-state index contributed by atoms with van der Waals surface area (Å²) in [6.07, 6.45) is 1.66. The molecule has 2 aromatic carbocycles. The Hall–Kier alpha value is -2.41. The van der Waals surface area contributed by atoms with E-state index < -0.39 is 17.4 Å². The second-order valence-electron chi connectivity index (χ2n) is 8.71. The number of nitrogens with zero attached hydrogens (tertiary/aromatic N) is 2. The van der Waals surface area contributed by atoms with Crippen LogP contribution in [0.1, 0.15) is 24.0 Å². The summed E-state index contributed by atoms with van der Waals surface area (Å²) in [6, 6.07) is 10.2. The van der Waals surface area contributed by atoms with Crippen molar-refractivity contribution in [2.45, 2.75) is 31.3 Å².